The summed E-state index contributed by atoms with van der Waals surface area (Å²) in [5.41, 5.74) is 3.69. The molecule has 0 saturated carbocycles. The van der Waals surface area contributed by atoms with E-state index >= 15 is 0 Å². The fraction of sp³-hybridized carbons (Fsp3) is 0.0286. The molecule has 0 fully saturated rings. The lowest BCUT2D eigenvalue weighted by Gasteiger charge is -2.08. The van der Waals surface area contributed by atoms with Crippen LogP contribution < -0.4 is 0 Å². The van der Waals surface area contributed by atoms with Crippen molar-refractivity contribution in [1.29, 1.82) is 0 Å². The number of aromatic nitrogens is 3. The Labute approximate surface area is 234 Å². The number of oxazole rings is 1. The predicted molar refractivity (Wildman–Crippen MR) is 159 cm³/mol. The number of hydrogen-bond donors (Lipinski definition) is 0. The molecule has 8 rings (SSSR count). The van der Waals surface area contributed by atoms with Gasteiger partial charge in [0.05, 0.1) is 12.1 Å². The highest BCUT2D eigenvalue weighted by Gasteiger charge is 2.34. The van der Waals surface area contributed by atoms with E-state index in [2.05, 4.69) is 30.3 Å². The molecule has 41 heavy (non-hydrogen) atoms. The van der Waals surface area contributed by atoms with Crippen LogP contribution in [0.1, 0.15) is 32.1 Å². The summed E-state index contributed by atoms with van der Waals surface area (Å²) in [5.74, 6) is 0.297. The van der Waals surface area contributed by atoms with Crippen molar-refractivity contribution < 1.29 is 14.0 Å². The molecule has 194 valence electrons. The highest BCUT2D eigenvalue weighted by Crippen LogP contribution is 2.33. The van der Waals surface area contributed by atoms with Crippen LogP contribution in [0.5, 0.6) is 0 Å². The largest absolute Gasteiger partial charge is 0.416 e. The van der Waals surface area contributed by atoms with Crippen LogP contribution in [-0.2, 0) is 6.54 Å². The smallest absolute Gasteiger partial charge is 0.267 e. The van der Waals surface area contributed by atoms with E-state index < -0.39 is 0 Å². The van der Waals surface area contributed by atoms with Gasteiger partial charge in [0.15, 0.2) is 11.6 Å². The van der Waals surface area contributed by atoms with Gasteiger partial charge < -0.3 is 8.98 Å². The molecule has 6 nitrogen and oxygen atoms in total. The van der Waals surface area contributed by atoms with Gasteiger partial charge >= 0.3 is 0 Å². The van der Waals surface area contributed by atoms with E-state index in [1.165, 1.54) is 0 Å². The third kappa shape index (κ3) is 3.80. The number of imidazole rings is 1. The summed E-state index contributed by atoms with van der Waals surface area (Å²) in [5, 5.41) is 4.10. The molecule has 0 amide bonds. The molecule has 1 aliphatic rings. The molecule has 0 atom stereocenters. The summed E-state index contributed by atoms with van der Waals surface area (Å²) in [6.45, 7) is 0.431. The molecule has 5 aromatic carbocycles. The Bertz CT molecular complexity index is 2160. The zero-order valence-corrected chi connectivity index (χ0v) is 21.7. The number of rotatable bonds is 4. The zero-order chi connectivity index (χ0) is 27.5. The summed E-state index contributed by atoms with van der Waals surface area (Å²) >= 11 is 0. The molecule has 0 bridgehead atoms. The van der Waals surface area contributed by atoms with Gasteiger partial charge in [0.1, 0.15) is 5.82 Å². The molecule has 6 heteroatoms. The second kappa shape index (κ2) is 8.96. The number of allylic oxidation sites excluding steroid dienone is 1. The minimum Gasteiger partial charge on any atom is -0.416 e. The number of carbonyl (C=O) groups is 2. The van der Waals surface area contributed by atoms with Crippen LogP contribution in [0.3, 0.4) is 0 Å². The van der Waals surface area contributed by atoms with Gasteiger partial charge in [0.25, 0.3) is 5.71 Å². The SMILES string of the molecule is O=C1C(=Cc2nc3oc(-c4ccccc4)nc3n2Cc2ccc3ccccc3c2)C(=O)c2cc3ccccc3cc21. The summed E-state index contributed by atoms with van der Waals surface area (Å²) in [7, 11) is 0. The monoisotopic (exact) mass is 531 g/mol. The van der Waals surface area contributed by atoms with Crippen molar-refractivity contribution in [2.45, 2.75) is 6.54 Å². The summed E-state index contributed by atoms with van der Waals surface area (Å²) in [4.78, 5) is 36.5. The molecule has 0 aliphatic heterocycles. The van der Waals surface area contributed by atoms with Crippen molar-refractivity contribution >= 4 is 50.5 Å². The lowest BCUT2D eigenvalue weighted by atomic mass is 10.0. The van der Waals surface area contributed by atoms with Crippen LogP contribution in [0.2, 0.25) is 0 Å². The van der Waals surface area contributed by atoms with Crippen molar-refractivity contribution in [2.24, 2.45) is 0 Å². The van der Waals surface area contributed by atoms with Gasteiger partial charge in [0, 0.05) is 16.7 Å². The van der Waals surface area contributed by atoms with E-state index in [0.29, 0.717) is 40.7 Å². The van der Waals surface area contributed by atoms with Gasteiger partial charge in [-0.2, -0.15) is 9.97 Å². The van der Waals surface area contributed by atoms with Crippen LogP contribution in [0.15, 0.2) is 119 Å². The number of hydrogen-bond acceptors (Lipinski definition) is 5. The second-order valence-corrected chi connectivity index (χ2v) is 10.2. The van der Waals surface area contributed by atoms with E-state index in [4.69, 9.17) is 14.4 Å². The van der Waals surface area contributed by atoms with E-state index in [1.54, 1.807) is 18.2 Å². The van der Waals surface area contributed by atoms with Crippen molar-refractivity contribution in [3.8, 4) is 11.5 Å². The molecule has 1 aliphatic carbocycles. The molecule has 0 N–H and O–H groups in total. The van der Waals surface area contributed by atoms with Crippen molar-refractivity contribution in [3.05, 3.63) is 137 Å². The van der Waals surface area contributed by atoms with Crippen molar-refractivity contribution in [2.75, 3.05) is 0 Å². The van der Waals surface area contributed by atoms with Gasteiger partial charge in [-0.1, -0.05) is 78.9 Å². The number of ketones is 2. The zero-order valence-electron chi connectivity index (χ0n) is 21.7. The molecule has 0 saturated heterocycles. The Hall–Kier alpha value is -5.62. The van der Waals surface area contributed by atoms with Crippen molar-refractivity contribution in [1.82, 2.24) is 14.5 Å². The molecule has 2 heterocycles. The average molecular weight is 532 g/mol. The summed E-state index contributed by atoms with van der Waals surface area (Å²) in [6.07, 6.45) is 1.58. The third-order valence-corrected chi connectivity index (χ3v) is 7.65. The van der Waals surface area contributed by atoms with Crippen LogP contribution in [0.4, 0.5) is 0 Å². The third-order valence-electron chi connectivity index (χ3n) is 7.65. The summed E-state index contributed by atoms with van der Waals surface area (Å²) in [6, 6.07) is 35.4. The molecule has 0 radical (unpaired) electrons. The highest BCUT2D eigenvalue weighted by atomic mass is 16.4. The highest BCUT2D eigenvalue weighted by molar-refractivity contribution is 6.42. The standard InChI is InChI=1S/C35H21N3O3/c39-31-27-17-25-12-6-7-13-26(25)18-28(27)32(40)29(31)19-30-36-35-33(37-34(41-35)23-9-2-1-3-10-23)38(30)20-21-14-15-22-8-4-5-11-24(22)16-21/h1-19H,20H2. The predicted octanol–water partition coefficient (Wildman–Crippen LogP) is 7.51. The molecule has 7 aromatic rings. The number of benzene rings is 5. The first kappa shape index (κ1) is 23.3. The summed E-state index contributed by atoms with van der Waals surface area (Å²) < 4.78 is 7.98. The number of carbonyl (C=O) groups excluding carboxylic acids is 2. The maximum absolute atomic E-state index is 13.5. The van der Waals surface area contributed by atoms with Gasteiger partial charge in [-0.25, -0.2) is 0 Å². The average Bonchev–Trinajstić information content (AvgIpc) is 3.64. The first-order valence-corrected chi connectivity index (χ1v) is 13.4. The molecular weight excluding hydrogens is 510 g/mol. The second-order valence-electron chi connectivity index (χ2n) is 10.2. The Morgan fingerprint density at radius 1 is 0.659 bits per heavy atom. The first-order valence-electron chi connectivity index (χ1n) is 13.4. The van der Waals surface area contributed by atoms with Gasteiger partial charge in [-0.05, 0) is 63.5 Å². The number of Topliss-reactive ketones (excluding diaryl/α,β-unsaturated/α-hetero) is 2. The van der Waals surface area contributed by atoms with Gasteiger partial charge in [-0.15, -0.1) is 0 Å². The molecule has 0 spiro atoms. The van der Waals surface area contributed by atoms with Crippen molar-refractivity contribution in [3.63, 3.8) is 0 Å². The van der Waals surface area contributed by atoms with E-state index in [-0.39, 0.29) is 17.1 Å². The Kier molecular flexibility index (Phi) is 5.09. The normalized spacial score (nSPS) is 13.0. The Balaban J connectivity index is 1.27. The van der Waals surface area contributed by atoms with E-state index in [0.717, 1.165) is 32.7 Å². The minimum absolute atomic E-state index is 0.0889. The topological polar surface area (TPSA) is 78.0 Å². The molecule has 2 aromatic heterocycles. The Morgan fingerprint density at radius 3 is 1.95 bits per heavy atom. The van der Waals surface area contributed by atoms with E-state index in [1.807, 2.05) is 71.3 Å². The van der Waals surface area contributed by atoms with Gasteiger partial charge in [0.2, 0.25) is 11.5 Å². The minimum atomic E-state index is -0.300. The van der Waals surface area contributed by atoms with Crippen LogP contribution in [0.25, 0.3) is 50.4 Å². The maximum atomic E-state index is 13.5. The lowest BCUT2D eigenvalue weighted by molar-refractivity contribution is 0.0990. The lowest BCUT2D eigenvalue weighted by Crippen LogP contribution is -2.06. The van der Waals surface area contributed by atoms with E-state index in [9.17, 15) is 9.59 Å². The molecular formula is C35H21N3O3. The molecule has 0 unspecified atom stereocenters. The Morgan fingerprint density at radius 2 is 1.27 bits per heavy atom. The fourth-order valence-corrected chi connectivity index (χ4v) is 5.59. The quantitative estimate of drug-likeness (QED) is 0.174. The number of fused-ring (bicyclic) bond motifs is 4. The maximum Gasteiger partial charge on any atom is 0.267 e. The van der Waals surface area contributed by atoms with Crippen LogP contribution in [-0.4, -0.2) is 26.1 Å². The van der Waals surface area contributed by atoms with Crippen LogP contribution >= 0.6 is 0 Å². The first-order chi connectivity index (χ1) is 20.1. The van der Waals surface area contributed by atoms with Crippen LogP contribution in [0, 0.1) is 0 Å². The fourth-order valence-electron chi connectivity index (χ4n) is 5.59. The number of nitrogens with zero attached hydrogens (tertiary/aromatic N) is 3. The van der Waals surface area contributed by atoms with Gasteiger partial charge in [-0.3, -0.25) is 9.59 Å².